The summed E-state index contributed by atoms with van der Waals surface area (Å²) in [5.41, 5.74) is 4.35. The van der Waals surface area contributed by atoms with E-state index in [9.17, 15) is 14.9 Å². The molecule has 0 spiro atoms. The maximum atomic E-state index is 13.5. The summed E-state index contributed by atoms with van der Waals surface area (Å²) in [5, 5.41) is 18.1. The van der Waals surface area contributed by atoms with Gasteiger partial charge in [-0.25, -0.2) is 14.4 Å². The number of thiazole rings is 1. The van der Waals surface area contributed by atoms with Gasteiger partial charge in [-0.2, -0.15) is 5.10 Å². The van der Waals surface area contributed by atoms with Gasteiger partial charge in [0.05, 0.1) is 22.0 Å². The lowest BCUT2D eigenvalue weighted by Gasteiger charge is -2.19. The number of nitro groups is 1. The van der Waals surface area contributed by atoms with Crippen molar-refractivity contribution in [3.8, 4) is 16.9 Å². The van der Waals surface area contributed by atoms with Gasteiger partial charge in [0.1, 0.15) is 0 Å². The summed E-state index contributed by atoms with van der Waals surface area (Å²) in [6, 6.07) is 15.9. The van der Waals surface area contributed by atoms with Crippen LogP contribution in [-0.4, -0.2) is 24.7 Å². The molecule has 0 bridgehead atoms. The number of nitrogens with zero attached hydrogens (tertiary/aromatic N) is 6. The van der Waals surface area contributed by atoms with E-state index in [0.29, 0.717) is 16.4 Å². The molecule has 190 valence electrons. The molecule has 0 N–H and O–H groups in total. The number of hydrogen-bond donors (Lipinski definition) is 0. The second kappa shape index (κ2) is 10.1. The molecule has 0 saturated heterocycles. The lowest BCUT2D eigenvalue weighted by molar-refractivity contribution is -0.384. The smallest absolute Gasteiger partial charge is 0.283 e. The zero-order chi connectivity index (χ0) is 26.1. The van der Waals surface area contributed by atoms with E-state index in [-0.39, 0.29) is 11.2 Å². The first-order valence-electron chi connectivity index (χ1n) is 12.2. The average Bonchev–Trinajstić information content (AvgIpc) is 3.38. The minimum Gasteiger partial charge on any atom is -0.283 e. The Bertz CT molecular complexity index is 1610. The third kappa shape index (κ3) is 4.84. The Morgan fingerprint density at radius 1 is 1.11 bits per heavy atom. The van der Waals surface area contributed by atoms with Crippen LogP contribution in [0.1, 0.15) is 38.3 Å². The van der Waals surface area contributed by atoms with Crippen LogP contribution in [0.25, 0.3) is 16.9 Å². The fourth-order valence-electron chi connectivity index (χ4n) is 4.70. The molecule has 37 heavy (non-hydrogen) atoms. The highest BCUT2D eigenvalue weighted by molar-refractivity contribution is 7.07. The molecular formula is C27H28N6O3S. The van der Waals surface area contributed by atoms with Crippen LogP contribution in [0, 0.1) is 23.0 Å². The summed E-state index contributed by atoms with van der Waals surface area (Å²) in [7, 11) is 1.84. The van der Waals surface area contributed by atoms with E-state index in [2.05, 4.69) is 6.92 Å². The second-order valence-corrected chi connectivity index (χ2v) is 10.2. The Morgan fingerprint density at radius 2 is 1.84 bits per heavy atom. The predicted octanol–water partition coefficient (Wildman–Crippen LogP) is 5.57. The standard InChI is InChI=1S/C27H28N6O3S/c1-18-8-7-9-21(16-18)29-31-24(20-12-14-23(15-13-20)33(35)36)17-37-27(31)28-25-19(2)30(3)32(26(25)34)22-10-5-4-6-11-22/h4-6,10-15,17-18H,7-9,16H2,1-3H3. The van der Waals surface area contributed by atoms with Crippen molar-refractivity contribution in [2.24, 2.45) is 23.1 Å². The second-order valence-electron chi connectivity index (χ2n) is 9.41. The summed E-state index contributed by atoms with van der Waals surface area (Å²) in [4.78, 5) is 29.6. The van der Waals surface area contributed by atoms with Crippen molar-refractivity contribution in [2.45, 2.75) is 39.5 Å². The minimum absolute atomic E-state index is 0.0317. The average molecular weight is 517 g/mol. The van der Waals surface area contributed by atoms with Crippen molar-refractivity contribution in [2.75, 3.05) is 0 Å². The highest BCUT2D eigenvalue weighted by atomic mass is 32.1. The van der Waals surface area contributed by atoms with Crippen LogP contribution < -0.4 is 10.4 Å². The van der Waals surface area contributed by atoms with Crippen molar-refractivity contribution in [3.63, 3.8) is 0 Å². The van der Waals surface area contributed by atoms with E-state index in [1.54, 1.807) is 26.2 Å². The van der Waals surface area contributed by atoms with Gasteiger partial charge < -0.3 is 0 Å². The van der Waals surface area contributed by atoms with Crippen molar-refractivity contribution in [1.82, 2.24) is 14.0 Å². The topological polar surface area (TPSA) is 99.7 Å². The van der Waals surface area contributed by atoms with Crippen molar-refractivity contribution in [1.29, 1.82) is 0 Å². The summed E-state index contributed by atoms with van der Waals surface area (Å²) in [6.45, 7) is 4.11. The van der Waals surface area contributed by atoms with Gasteiger partial charge in [-0.15, -0.1) is 11.3 Å². The molecule has 9 nitrogen and oxygen atoms in total. The third-order valence-electron chi connectivity index (χ3n) is 6.78. The monoisotopic (exact) mass is 516 g/mol. The number of rotatable bonds is 5. The third-order valence-corrected chi connectivity index (χ3v) is 7.59. The van der Waals surface area contributed by atoms with E-state index < -0.39 is 4.92 Å². The first-order valence-corrected chi connectivity index (χ1v) is 13.1. The number of non-ortho nitro benzene ring substituents is 1. The molecular weight excluding hydrogens is 488 g/mol. The molecule has 1 atom stereocenters. The van der Waals surface area contributed by atoms with Gasteiger partial charge in [-0.1, -0.05) is 25.1 Å². The van der Waals surface area contributed by atoms with Crippen molar-refractivity contribution >= 4 is 28.4 Å². The molecule has 4 aromatic rings. The van der Waals surface area contributed by atoms with Crippen LogP contribution >= 0.6 is 11.3 Å². The lowest BCUT2D eigenvalue weighted by atomic mass is 9.89. The van der Waals surface area contributed by atoms with E-state index in [0.717, 1.165) is 47.6 Å². The zero-order valence-electron chi connectivity index (χ0n) is 21.0. The largest absolute Gasteiger partial charge is 0.297 e. The van der Waals surface area contributed by atoms with Crippen LogP contribution in [0.4, 0.5) is 11.4 Å². The first-order chi connectivity index (χ1) is 17.8. The van der Waals surface area contributed by atoms with E-state index >= 15 is 0 Å². The SMILES string of the molecule is Cc1c(N=c2scc(-c3ccc([N+](=O)[O-])cc3)n2N=C2CCCC(C)C2)c(=O)n(-c2ccccc2)n1C. The van der Waals surface area contributed by atoms with E-state index in [4.69, 9.17) is 10.1 Å². The van der Waals surface area contributed by atoms with E-state index in [1.165, 1.54) is 29.9 Å². The molecule has 1 fully saturated rings. The Balaban J connectivity index is 1.68. The summed E-state index contributed by atoms with van der Waals surface area (Å²) < 4.78 is 5.20. The first kappa shape index (κ1) is 24.6. The summed E-state index contributed by atoms with van der Waals surface area (Å²) in [6.07, 6.45) is 4.09. The Kier molecular flexibility index (Phi) is 6.75. The number of hydrogen-bond acceptors (Lipinski definition) is 6. The van der Waals surface area contributed by atoms with Crippen molar-refractivity contribution < 1.29 is 4.92 Å². The minimum atomic E-state index is -0.411. The molecule has 0 radical (unpaired) electrons. The fourth-order valence-corrected chi connectivity index (χ4v) is 5.53. The maximum absolute atomic E-state index is 13.5. The van der Waals surface area contributed by atoms with Gasteiger partial charge in [0.15, 0.2) is 5.69 Å². The molecule has 2 aromatic heterocycles. The summed E-state index contributed by atoms with van der Waals surface area (Å²) >= 11 is 1.39. The van der Waals surface area contributed by atoms with Crippen LogP contribution in [0.2, 0.25) is 0 Å². The van der Waals surface area contributed by atoms with Gasteiger partial charge >= 0.3 is 0 Å². The highest BCUT2D eigenvalue weighted by Gasteiger charge is 2.19. The number of aromatic nitrogens is 3. The number of nitro benzene ring substituents is 1. The Hall–Kier alpha value is -4.05. The Morgan fingerprint density at radius 3 is 2.51 bits per heavy atom. The predicted molar refractivity (Wildman–Crippen MR) is 146 cm³/mol. The molecule has 2 aromatic carbocycles. The molecule has 1 saturated carbocycles. The van der Waals surface area contributed by atoms with Gasteiger partial charge in [0.25, 0.3) is 11.2 Å². The molecule has 0 aliphatic heterocycles. The fraction of sp³-hybridized carbons (Fsp3) is 0.296. The molecule has 2 heterocycles. The number of para-hydroxylation sites is 1. The van der Waals surface area contributed by atoms with Crippen LogP contribution in [-0.2, 0) is 7.05 Å². The van der Waals surface area contributed by atoms with Gasteiger partial charge in [-0.3, -0.25) is 19.6 Å². The Labute approximate surface area is 217 Å². The number of benzene rings is 2. The van der Waals surface area contributed by atoms with Gasteiger partial charge in [0, 0.05) is 35.8 Å². The quantitative estimate of drug-likeness (QED) is 0.256. The maximum Gasteiger partial charge on any atom is 0.297 e. The van der Waals surface area contributed by atoms with Crippen LogP contribution in [0.3, 0.4) is 0 Å². The van der Waals surface area contributed by atoms with Crippen LogP contribution in [0.5, 0.6) is 0 Å². The molecule has 0 amide bonds. The van der Waals surface area contributed by atoms with Crippen molar-refractivity contribution in [3.05, 3.63) is 90.9 Å². The normalized spacial score (nSPS) is 17.4. The lowest BCUT2D eigenvalue weighted by Crippen LogP contribution is -2.20. The highest BCUT2D eigenvalue weighted by Crippen LogP contribution is 2.26. The molecule has 10 heteroatoms. The van der Waals surface area contributed by atoms with E-state index in [1.807, 2.05) is 49.7 Å². The zero-order valence-corrected chi connectivity index (χ0v) is 21.8. The van der Waals surface area contributed by atoms with Gasteiger partial charge in [-0.05, 0) is 62.8 Å². The van der Waals surface area contributed by atoms with Crippen LogP contribution in [0.15, 0.2) is 74.9 Å². The molecule has 1 unspecified atom stereocenters. The summed E-state index contributed by atoms with van der Waals surface area (Å²) in [5.74, 6) is 0.560. The molecule has 1 aliphatic rings. The molecule has 5 rings (SSSR count). The molecule has 1 aliphatic carbocycles. The van der Waals surface area contributed by atoms with Gasteiger partial charge in [0.2, 0.25) is 4.80 Å².